The van der Waals surface area contributed by atoms with Gasteiger partial charge in [-0.05, 0) is 30.7 Å². The minimum atomic E-state index is 0.0391. The van der Waals surface area contributed by atoms with Crippen molar-refractivity contribution in [2.75, 3.05) is 5.32 Å². The molecule has 0 spiro atoms. The number of nitrogens with one attached hydrogen (secondary N) is 2. The average Bonchev–Trinajstić information content (AvgIpc) is 2.97. The summed E-state index contributed by atoms with van der Waals surface area (Å²) in [5, 5.41) is 4.84. The van der Waals surface area contributed by atoms with Crippen LogP contribution in [0.15, 0.2) is 79.0 Å². The van der Waals surface area contributed by atoms with Gasteiger partial charge in [-0.2, -0.15) is 0 Å². The van der Waals surface area contributed by atoms with Gasteiger partial charge >= 0.3 is 0 Å². The number of hydrogen-bond acceptors (Lipinski definition) is 2. The molecular weight excluding hydrogens is 294 g/mol. The maximum atomic E-state index is 4.44. The van der Waals surface area contributed by atoms with Crippen molar-refractivity contribution in [1.29, 1.82) is 0 Å². The highest BCUT2D eigenvalue weighted by molar-refractivity contribution is 5.86. The summed E-state index contributed by atoms with van der Waals surface area (Å²) < 4.78 is 0. The molecule has 0 aliphatic rings. The molecule has 0 amide bonds. The summed E-state index contributed by atoms with van der Waals surface area (Å²) in [5.74, 6) is 0.871. The van der Waals surface area contributed by atoms with Gasteiger partial charge in [0.15, 0.2) is 0 Å². The molecule has 0 aliphatic carbocycles. The summed E-state index contributed by atoms with van der Waals surface area (Å²) in [5.41, 5.74) is 4.82. The molecule has 24 heavy (non-hydrogen) atoms. The van der Waals surface area contributed by atoms with E-state index in [1.54, 1.807) is 0 Å². The SMILES string of the molecule is Cc1[nH]c2ccccc2c1[C@H](Nc1ccccn1)c1ccccc1. The second-order valence-electron chi connectivity index (χ2n) is 5.91. The third kappa shape index (κ3) is 2.65. The maximum absolute atomic E-state index is 4.44. The quantitative estimate of drug-likeness (QED) is 0.552. The van der Waals surface area contributed by atoms with Crippen LogP contribution in [0.25, 0.3) is 10.9 Å². The van der Waals surface area contributed by atoms with E-state index in [1.807, 2.05) is 30.5 Å². The van der Waals surface area contributed by atoms with E-state index < -0.39 is 0 Å². The number of H-pyrrole nitrogens is 1. The van der Waals surface area contributed by atoms with Gasteiger partial charge in [0.25, 0.3) is 0 Å². The molecular formula is C21H19N3. The largest absolute Gasteiger partial charge is 0.359 e. The zero-order valence-corrected chi connectivity index (χ0v) is 13.5. The summed E-state index contributed by atoms with van der Waals surface area (Å²) in [4.78, 5) is 7.94. The Hall–Kier alpha value is -3.07. The molecule has 4 rings (SSSR count). The number of pyridine rings is 1. The molecule has 0 saturated carbocycles. The maximum Gasteiger partial charge on any atom is 0.126 e. The molecule has 0 radical (unpaired) electrons. The third-order valence-electron chi connectivity index (χ3n) is 4.32. The fraction of sp³-hybridized carbons (Fsp3) is 0.0952. The molecule has 2 aromatic carbocycles. The molecule has 3 nitrogen and oxygen atoms in total. The lowest BCUT2D eigenvalue weighted by Crippen LogP contribution is -2.14. The smallest absolute Gasteiger partial charge is 0.126 e. The van der Waals surface area contributed by atoms with Gasteiger partial charge in [-0.1, -0.05) is 54.6 Å². The Morgan fingerprint density at radius 3 is 2.42 bits per heavy atom. The summed E-state index contributed by atoms with van der Waals surface area (Å²) >= 11 is 0. The second-order valence-corrected chi connectivity index (χ2v) is 5.91. The molecule has 118 valence electrons. The highest BCUT2D eigenvalue weighted by Gasteiger charge is 2.20. The first kappa shape index (κ1) is 14.5. The zero-order valence-electron chi connectivity index (χ0n) is 13.5. The predicted octanol–water partition coefficient (Wildman–Crippen LogP) is 5.07. The number of hydrogen-bond donors (Lipinski definition) is 2. The fourth-order valence-corrected chi connectivity index (χ4v) is 3.23. The average molecular weight is 313 g/mol. The summed E-state index contributed by atoms with van der Waals surface area (Å²) in [6, 6.07) is 24.9. The van der Waals surface area contributed by atoms with Crippen LogP contribution in [0.3, 0.4) is 0 Å². The van der Waals surface area contributed by atoms with E-state index in [0.717, 1.165) is 11.3 Å². The van der Waals surface area contributed by atoms with Crippen LogP contribution in [0.2, 0.25) is 0 Å². The zero-order chi connectivity index (χ0) is 16.4. The Balaban J connectivity index is 1.87. The molecule has 0 saturated heterocycles. The number of para-hydroxylation sites is 1. The van der Waals surface area contributed by atoms with Crippen molar-refractivity contribution in [2.24, 2.45) is 0 Å². The minimum absolute atomic E-state index is 0.0391. The molecule has 3 heteroatoms. The van der Waals surface area contributed by atoms with Gasteiger partial charge in [-0.3, -0.25) is 0 Å². The monoisotopic (exact) mass is 313 g/mol. The number of benzene rings is 2. The summed E-state index contributed by atoms with van der Waals surface area (Å²) in [6.07, 6.45) is 1.81. The molecule has 4 aromatic rings. The van der Waals surface area contributed by atoms with Gasteiger partial charge in [0.05, 0.1) is 6.04 Å². The Morgan fingerprint density at radius 1 is 0.875 bits per heavy atom. The minimum Gasteiger partial charge on any atom is -0.359 e. The van der Waals surface area contributed by atoms with Crippen LogP contribution in [0.5, 0.6) is 0 Å². The van der Waals surface area contributed by atoms with E-state index in [9.17, 15) is 0 Å². The number of aromatic nitrogens is 2. The van der Waals surface area contributed by atoms with Crippen molar-refractivity contribution in [1.82, 2.24) is 9.97 Å². The number of fused-ring (bicyclic) bond motifs is 1. The van der Waals surface area contributed by atoms with E-state index in [2.05, 4.69) is 70.7 Å². The number of aryl methyl sites for hydroxylation is 1. The standard InChI is InChI=1S/C21H19N3/c1-15-20(17-11-5-6-12-18(17)23-15)21(16-9-3-2-4-10-16)24-19-13-7-8-14-22-19/h2-14,21,23H,1H3,(H,22,24)/t21-/m1/s1. The number of rotatable bonds is 4. The first-order valence-corrected chi connectivity index (χ1v) is 8.12. The van der Waals surface area contributed by atoms with Crippen LogP contribution in [0.1, 0.15) is 22.9 Å². The Bertz CT molecular complexity index is 943. The topological polar surface area (TPSA) is 40.7 Å². The van der Waals surface area contributed by atoms with Gasteiger partial charge < -0.3 is 10.3 Å². The lowest BCUT2D eigenvalue weighted by Gasteiger charge is -2.21. The molecule has 1 atom stereocenters. The Kier molecular flexibility index (Phi) is 3.75. The Labute approximate surface area is 141 Å². The van der Waals surface area contributed by atoms with Crippen molar-refractivity contribution in [3.8, 4) is 0 Å². The predicted molar refractivity (Wildman–Crippen MR) is 99.2 cm³/mol. The molecule has 0 fully saturated rings. The molecule has 0 aliphatic heterocycles. The number of anilines is 1. The lowest BCUT2D eigenvalue weighted by atomic mass is 9.96. The van der Waals surface area contributed by atoms with Gasteiger partial charge in [-0.25, -0.2) is 4.98 Å². The fourth-order valence-electron chi connectivity index (χ4n) is 3.23. The second kappa shape index (κ2) is 6.20. The highest BCUT2D eigenvalue weighted by atomic mass is 15.0. The Morgan fingerprint density at radius 2 is 1.62 bits per heavy atom. The van der Waals surface area contributed by atoms with Crippen LogP contribution >= 0.6 is 0 Å². The first-order valence-electron chi connectivity index (χ1n) is 8.12. The molecule has 0 bridgehead atoms. The summed E-state index contributed by atoms with van der Waals surface area (Å²) in [7, 11) is 0. The third-order valence-corrected chi connectivity index (χ3v) is 4.32. The van der Waals surface area contributed by atoms with E-state index >= 15 is 0 Å². The molecule has 2 heterocycles. The van der Waals surface area contributed by atoms with Gasteiger partial charge in [-0.15, -0.1) is 0 Å². The van der Waals surface area contributed by atoms with Crippen LogP contribution in [0, 0.1) is 6.92 Å². The summed E-state index contributed by atoms with van der Waals surface area (Å²) in [6.45, 7) is 2.13. The van der Waals surface area contributed by atoms with Crippen LogP contribution in [-0.4, -0.2) is 9.97 Å². The van der Waals surface area contributed by atoms with Crippen molar-refractivity contribution in [3.05, 3.63) is 95.8 Å². The van der Waals surface area contributed by atoms with Crippen LogP contribution in [0.4, 0.5) is 5.82 Å². The van der Waals surface area contributed by atoms with Gasteiger partial charge in [0.1, 0.15) is 5.82 Å². The van der Waals surface area contributed by atoms with Crippen LogP contribution < -0.4 is 5.32 Å². The van der Waals surface area contributed by atoms with E-state index in [-0.39, 0.29) is 6.04 Å². The van der Waals surface area contributed by atoms with Gasteiger partial charge in [0.2, 0.25) is 0 Å². The van der Waals surface area contributed by atoms with Crippen LogP contribution in [-0.2, 0) is 0 Å². The van der Waals surface area contributed by atoms with E-state index in [4.69, 9.17) is 0 Å². The number of aromatic amines is 1. The molecule has 2 N–H and O–H groups in total. The van der Waals surface area contributed by atoms with Crippen molar-refractivity contribution in [3.63, 3.8) is 0 Å². The lowest BCUT2D eigenvalue weighted by molar-refractivity contribution is 0.921. The molecule has 0 unspecified atom stereocenters. The highest BCUT2D eigenvalue weighted by Crippen LogP contribution is 2.34. The van der Waals surface area contributed by atoms with E-state index in [0.29, 0.717) is 0 Å². The van der Waals surface area contributed by atoms with Crippen molar-refractivity contribution < 1.29 is 0 Å². The molecule has 2 aromatic heterocycles. The number of nitrogens with zero attached hydrogens (tertiary/aromatic N) is 1. The van der Waals surface area contributed by atoms with Gasteiger partial charge in [0, 0.05) is 28.4 Å². The van der Waals surface area contributed by atoms with Crippen molar-refractivity contribution in [2.45, 2.75) is 13.0 Å². The van der Waals surface area contributed by atoms with Crippen molar-refractivity contribution >= 4 is 16.7 Å². The first-order chi connectivity index (χ1) is 11.8. The van der Waals surface area contributed by atoms with E-state index in [1.165, 1.54) is 22.2 Å². The normalized spacial score (nSPS) is 12.2.